The zero-order valence-electron chi connectivity index (χ0n) is 15.6. The maximum atomic E-state index is 12.6. The van der Waals surface area contributed by atoms with Gasteiger partial charge in [-0.3, -0.25) is 4.79 Å². The van der Waals surface area contributed by atoms with Crippen LogP contribution in [0.3, 0.4) is 0 Å². The first-order valence-corrected chi connectivity index (χ1v) is 11.9. The number of hydrogen-bond acceptors (Lipinski definition) is 4. The van der Waals surface area contributed by atoms with Crippen molar-refractivity contribution in [2.24, 2.45) is 4.99 Å². The van der Waals surface area contributed by atoms with E-state index in [0.29, 0.717) is 11.7 Å². The van der Waals surface area contributed by atoms with Crippen LogP contribution in [0.4, 0.5) is 0 Å². The van der Waals surface area contributed by atoms with Gasteiger partial charge in [-0.1, -0.05) is 71.9 Å². The highest BCUT2D eigenvalue weighted by molar-refractivity contribution is 8.15. The van der Waals surface area contributed by atoms with Crippen molar-refractivity contribution in [1.82, 2.24) is 4.90 Å². The number of hydrogen-bond donors (Lipinski definition) is 0. The lowest BCUT2D eigenvalue weighted by Gasteiger charge is -2.24. The lowest BCUT2D eigenvalue weighted by molar-refractivity contribution is -0.117. The molecular weight excluding hydrogens is 392 g/mol. The molecule has 0 aliphatic carbocycles. The number of aliphatic imine (C=N–C) groups is 1. The first-order chi connectivity index (χ1) is 13.4. The average molecular weight is 415 g/mol. The lowest BCUT2D eigenvalue weighted by Crippen LogP contribution is -2.37. The molecule has 0 unspecified atom stereocenters. The largest absolute Gasteiger partial charge is 0.342 e. The highest BCUT2D eigenvalue weighted by Crippen LogP contribution is 2.39. The molecule has 2 saturated heterocycles. The Hall–Kier alpha value is -2.12. The Morgan fingerprint density at radius 3 is 2.61 bits per heavy atom. The topological polar surface area (TPSA) is 66.8 Å². The van der Waals surface area contributed by atoms with Crippen LogP contribution < -0.4 is 0 Å². The van der Waals surface area contributed by atoms with Crippen molar-refractivity contribution in [2.45, 2.75) is 31.2 Å². The number of thioether (sulfide) groups is 1. The maximum Gasteiger partial charge on any atom is 0.252 e. The fourth-order valence-electron chi connectivity index (χ4n) is 3.74. The molecule has 0 aromatic heterocycles. The summed E-state index contributed by atoms with van der Waals surface area (Å²) in [5, 5.41) is 0.589. The predicted molar refractivity (Wildman–Crippen MR) is 113 cm³/mol. The minimum Gasteiger partial charge on any atom is -0.342 e. The van der Waals surface area contributed by atoms with E-state index in [9.17, 15) is 13.2 Å². The van der Waals surface area contributed by atoms with Gasteiger partial charge >= 0.3 is 0 Å². The van der Waals surface area contributed by atoms with E-state index in [1.807, 2.05) is 66.4 Å². The first kappa shape index (κ1) is 19.2. The summed E-state index contributed by atoms with van der Waals surface area (Å²) >= 11 is 1.43. The molecule has 2 aliphatic rings. The predicted octanol–water partition coefficient (Wildman–Crippen LogP) is 2.83. The van der Waals surface area contributed by atoms with Gasteiger partial charge in [-0.05, 0) is 18.1 Å². The van der Waals surface area contributed by atoms with Gasteiger partial charge in [0.2, 0.25) is 0 Å². The molecule has 28 heavy (non-hydrogen) atoms. The van der Waals surface area contributed by atoms with Gasteiger partial charge in [0.1, 0.15) is 0 Å². The van der Waals surface area contributed by atoms with Crippen LogP contribution in [0.2, 0.25) is 0 Å². The number of carbonyl (C=O) groups is 1. The number of fused-ring (bicyclic) bond motifs is 1. The van der Waals surface area contributed by atoms with E-state index in [-0.39, 0.29) is 35.1 Å². The van der Waals surface area contributed by atoms with Crippen LogP contribution in [0.1, 0.15) is 16.7 Å². The Labute approximate surface area is 169 Å². The van der Waals surface area contributed by atoms with E-state index in [1.165, 1.54) is 11.8 Å². The molecule has 0 radical (unpaired) electrons. The van der Waals surface area contributed by atoms with Gasteiger partial charge < -0.3 is 4.90 Å². The second kappa shape index (κ2) is 7.72. The second-order valence-corrected chi connectivity index (χ2v) is 10.7. The van der Waals surface area contributed by atoms with Crippen molar-refractivity contribution >= 4 is 32.7 Å². The van der Waals surface area contributed by atoms with Gasteiger partial charge in [0.05, 0.1) is 24.0 Å². The third kappa shape index (κ3) is 4.31. The zero-order valence-corrected chi connectivity index (χ0v) is 17.2. The van der Waals surface area contributed by atoms with Gasteiger partial charge in [0, 0.05) is 11.8 Å². The maximum absolute atomic E-state index is 12.6. The highest BCUT2D eigenvalue weighted by atomic mass is 32.2. The Morgan fingerprint density at radius 1 is 1.11 bits per heavy atom. The van der Waals surface area contributed by atoms with E-state index in [0.717, 1.165) is 16.7 Å². The SMILES string of the molecule is Cc1cccc(CC(=O)N=C2S[C@H]3CS(=O)(=O)C[C@H]3N2Cc2ccccc2)c1. The summed E-state index contributed by atoms with van der Waals surface area (Å²) in [5.41, 5.74) is 3.13. The van der Waals surface area contributed by atoms with Gasteiger partial charge in [-0.15, -0.1) is 0 Å². The summed E-state index contributed by atoms with van der Waals surface area (Å²) in [6, 6.07) is 17.6. The van der Waals surface area contributed by atoms with Crippen LogP contribution in [-0.2, 0) is 27.6 Å². The Bertz CT molecular complexity index is 1020. The quantitative estimate of drug-likeness (QED) is 0.770. The number of sulfone groups is 1. The zero-order chi connectivity index (χ0) is 19.7. The number of rotatable bonds is 4. The van der Waals surface area contributed by atoms with Gasteiger partial charge in [-0.2, -0.15) is 4.99 Å². The van der Waals surface area contributed by atoms with Gasteiger partial charge in [0.25, 0.3) is 5.91 Å². The van der Waals surface area contributed by atoms with Crippen molar-refractivity contribution in [2.75, 3.05) is 11.5 Å². The molecule has 2 aromatic rings. The normalized spacial score (nSPS) is 24.5. The molecular formula is C21H22N2O3S2. The van der Waals surface area contributed by atoms with Crippen LogP contribution >= 0.6 is 11.8 Å². The monoisotopic (exact) mass is 414 g/mol. The summed E-state index contributed by atoms with van der Waals surface area (Å²) in [5.74, 6) is 0.0791. The van der Waals surface area contributed by atoms with E-state index in [1.54, 1.807) is 0 Å². The standard InChI is InChI=1S/C21H22N2O3S2/c1-15-6-5-9-17(10-15)11-20(24)22-21-23(12-16-7-3-2-4-8-16)18-13-28(25,26)14-19(18)27-21/h2-10,18-19H,11-14H2,1H3/t18-,19+/m1/s1. The number of benzene rings is 2. The van der Waals surface area contributed by atoms with E-state index < -0.39 is 9.84 Å². The molecule has 146 valence electrons. The summed E-state index contributed by atoms with van der Waals surface area (Å²) in [7, 11) is -3.04. The van der Waals surface area contributed by atoms with E-state index in [4.69, 9.17) is 0 Å². The number of amidine groups is 1. The number of carbonyl (C=O) groups excluding carboxylic acids is 1. The Kier molecular flexibility index (Phi) is 5.29. The summed E-state index contributed by atoms with van der Waals surface area (Å²) in [6.07, 6.45) is 0.249. The van der Waals surface area contributed by atoms with Crippen LogP contribution in [0, 0.1) is 6.92 Å². The van der Waals surface area contributed by atoms with Crippen LogP contribution in [0.15, 0.2) is 59.6 Å². The van der Waals surface area contributed by atoms with Crippen molar-refractivity contribution in [3.8, 4) is 0 Å². The number of nitrogens with zero attached hydrogens (tertiary/aromatic N) is 2. The fourth-order valence-corrected chi connectivity index (χ4v) is 7.71. The molecule has 4 rings (SSSR count). The van der Waals surface area contributed by atoms with E-state index >= 15 is 0 Å². The smallest absolute Gasteiger partial charge is 0.252 e. The van der Waals surface area contributed by atoms with E-state index in [2.05, 4.69) is 4.99 Å². The molecule has 2 fully saturated rings. The lowest BCUT2D eigenvalue weighted by atomic mass is 10.1. The molecule has 2 heterocycles. The molecule has 0 spiro atoms. The first-order valence-electron chi connectivity index (χ1n) is 9.24. The average Bonchev–Trinajstić information content (AvgIpc) is 3.08. The fraction of sp³-hybridized carbons (Fsp3) is 0.333. The molecule has 0 bridgehead atoms. The highest BCUT2D eigenvalue weighted by Gasteiger charge is 2.48. The summed E-state index contributed by atoms with van der Waals surface area (Å²) in [4.78, 5) is 19.0. The summed E-state index contributed by atoms with van der Waals surface area (Å²) in [6.45, 7) is 2.55. The Morgan fingerprint density at radius 2 is 1.86 bits per heavy atom. The van der Waals surface area contributed by atoms with Gasteiger partial charge in [-0.25, -0.2) is 8.42 Å². The van der Waals surface area contributed by atoms with Crippen LogP contribution in [0.5, 0.6) is 0 Å². The molecule has 0 N–H and O–H groups in total. The van der Waals surface area contributed by atoms with Crippen molar-refractivity contribution in [1.29, 1.82) is 0 Å². The van der Waals surface area contributed by atoms with Crippen LogP contribution in [0.25, 0.3) is 0 Å². The minimum absolute atomic E-state index is 0.0563. The molecule has 1 amide bonds. The third-order valence-electron chi connectivity index (χ3n) is 5.03. The molecule has 0 saturated carbocycles. The Balaban J connectivity index is 1.57. The molecule has 2 atom stereocenters. The van der Waals surface area contributed by atoms with Gasteiger partial charge in [0.15, 0.2) is 15.0 Å². The summed E-state index contributed by atoms with van der Waals surface area (Å²) < 4.78 is 24.2. The van der Waals surface area contributed by atoms with Crippen LogP contribution in [-0.4, -0.2) is 47.2 Å². The number of amides is 1. The molecule has 5 nitrogen and oxygen atoms in total. The second-order valence-electron chi connectivity index (χ2n) is 7.37. The third-order valence-corrected chi connectivity index (χ3v) is 8.28. The minimum atomic E-state index is -3.04. The van der Waals surface area contributed by atoms with Crippen molar-refractivity contribution in [3.05, 3.63) is 71.3 Å². The molecule has 7 heteroatoms. The number of aryl methyl sites for hydroxylation is 1. The molecule has 2 aromatic carbocycles. The molecule has 2 aliphatic heterocycles. The van der Waals surface area contributed by atoms with Crippen molar-refractivity contribution in [3.63, 3.8) is 0 Å². The van der Waals surface area contributed by atoms with Crippen molar-refractivity contribution < 1.29 is 13.2 Å².